The summed E-state index contributed by atoms with van der Waals surface area (Å²) in [5.74, 6) is -1.15. The molecule has 1 fully saturated rings. The second kappa shape index (κ2) is 5.56. The number of nitro benzene ring substituents is 1. The van der Waals surface area contributed by atoms with Crippen LogP contribution in [0, 0.1) is 10.1 Å². The minimum absolute atomic E-state index is 0.0377. The number of nitro groups is 1. The average molecular weight is 280 g/mol. The molecule has 7 heteroatoms. The molecule has 0 bridgehead atoms. The standard InChI is InChI=1S/C13H16N2O5/c1-13(2)19-8-9(20-13)7-14-12(16)10-5-3-4-6-11(10)15(17)18/h3-6,9H,7-8H2,1-2H3,(H,14,16). The Morgan fingerprint density at radius 1 is 1.50 bits per heavy atom. The monoisotopic (exact) mass is 280 g/mol. The van der Waals surface area contributed by atoms with Crippen molar-refractivity contribution in [3.05, 3.63) is 39.9 Å². The van der Waals surface area contributed by atoms with Crippen LogP contribution in [0.5, 0.6) is 0 Å². The summed E-state index contributed by atoms with van der Waals surface area (Å²) in [6, 6.07) is 5.82. The molecule has 0 saturated carbocycles. The van der Waals surface area contributed by atoms with E-state index >= 15 is 0 Å². The molecule has 0 aromatic heterocycles. The van der Waals surface area contributed by atoms with Crippen LogP contribution in [0.3, 0.4) is 0 Å². The third-order valence-electron chi connectivity index (χ3n) is 2.90. The summed E-state index contributed by atoms with van der Waals surface area (Å²) in [4.78, 5) is 22.3. The number of nitrogens with zero attached hydrogens (tertiary/aromatic N) is 1. The molecule has 1 atom stereocenters. The molecule has 1 aliphatic rings. The van der Waals surface area contributed by atoms with E-state index in [2.05, 4.69) is 5.32 Å². The molecule has 1 aromatic rings. The van der Waals surface area contributed by atoms with Crippen LogP contribution in [0.25, 0.3) is 0 Å². The van der Waals surface area contributed by atoms with Crippen molar-refractivity contribution in [3.8, 4) is 0 Å². The van der Waals surface area contributed by atoms with E-state index < -0.39 is 16.6 Å². The number of nitrogens with one attached hydrogen (secondary N) is 1. The summed E-state index contributed by atoms with van der Waals surface area (Å²) < 4.78 is 10.9. The van der Waals surface area contributed by atoms with Crippen molar-refractivity contribution < 1.29 is 19.2 Å². The van der Waals surface area contributed by atoms with Crippen molar-refractivity contribution in [2.45, 2.75) is 25.7 Å². The third kappa shape index (κ3) is 3.31. The van der Waals surface area contributed by atoms with Gasteiger partial charge in [-0.15, -0.1) is 0 Å². The van der Waals surface area contributed by atoms with Crippen LogP contribution in [-0.4, -0.2) is 35.9 Å². The van der Waals surface area contributed by atoms with Gasteiger partial charge in [-0.2, -0.15) is 0 Å². The molecule has 1 N–H and O–H groups in total. The fourth-order valence-electron chi connectivity index (χ4n) is 1.99. The molecule has 0 spiro atoms. The number of rotatable bonds is 4. The van der Waals surface area contributed by atoms with Crippen LogP contribution in [-0.2, 0) is 9.47 Å². The van der Waals surface area contributed by atoms with Gasteiger partial charge in [-0.1, -0.05) is 12.1 Å². The minimum atomic E-state index is -0.659. The number of hydrogen-bond donors (Lipinski definition) is 1. The second-order valence-electron chi connectivity index (χ2n) is 4.93. The Morgan fingerprint density at radius 3 is 2.80 bits per heavy atom. The number of benzene rings is 1. The molecule has 1 saturated heterocycles. The first kappa shape index (κ1) is 14.4. The maximum absolute atomic E-state index is 12.0. The first-order valence-electron chi connectivity index (χ1n) is 6.22. The Kier molecular flexibility index (Phi) is 4.01. The summed E-state index contributed by atoms with van der Waals surface area (Å²) in [5, 5.41) is 13.5. The van der Waals surface area contributed by atoms with Crippen LogP contribution in [0.2, 0.25) is 0 Å². The topological polar surface area (TPSA) is 90.7 Å². The van der Waals surface area contributed by atoms with E-state index in [1.165, 1.54) is 18.2 Å². The van der Waals surface area contributed by atoms with E-state index in [9.17, 15) is 14.9 Å². The Bertz CT molecular complexity index is 529. The predicted molar refractivity (Wildman–Crippen MR) is 70.3 cm³/mol. The highest BCUT2D eigenvalue weighted by Crippen LogP contribution is 2.22. The van der Waals surface area contributed by atoms with Gasteiger partial charge < -0.3 is 14.8 Å². The molecule has 1 aromatic carbocycles. The molecule has 1 unspecified atom stereocenters. The van der Waals surface area contributed by atoms with Gasteiger partial charge in [0.25, 0.3) is 11.6 Å². The maximum atomic E-state index is 12.0. The number of amides is 1. The lowest BCUT2D eigenvalue weighted by atomic mass is 10.1. The molecule has 2 rings (SSSR count). The van der Waals surface area contributed by atoms with E-state index in [4.69, 9.17) is 9.47 Å². The Labute approximate surface area is 116 Å². The highest BCUT2D eigenvalue weighted by molar-refractivity contribution is 5.98. The predicted octanol–water partition coefficient (Wildman–Crippen LogP) is 1.48. The normalized spacial score (nSPS) is 20.6. The summed E-state index contributed by atoms with van der Waals surface area (Å²) >= 11 is 0. The van der Waals surface area contributed by atoms with Crippen molar-refractivity contribution in [2.75, 3.05) is 13.2 Å². The molecule has 0 radical (unpaired) electrons. The van der Waals surface area contributed by atoms with Crippen molar-refractivity contribution in [1.82, 2.24) is 5.32 Å². The average Bonchev–Trinajstić information content (AvgIpc) is 2.75. The molecule has 1 aliphatic heterocycles. The molecule has 108 valence electrons. The number of ether oxygens (including phenoxy) is 2. The van der Waals surface area contributed by atoms with Gasteiger partial charge in [0.15, 0.2) is 5.79 Å². The fraction of sp³-hybridized carbons (Fsp3) is 0.462. The lowest BCUT2D eigenvalue weighted by Crippen LogP contribution is -2.34. The van der Waals surface area contributed by atoms with Gasteiger partial charge in [0, 0.05) is 12.6 Å². The van der Waals surface area contributed by atoms with Gasteiger partial charge in [-0.25, -0.2) is 0 Å². The Morgan fingerprint density at radius 2 is 2.20 bits per heavy atom. The van der Waals surface area contributed by atoms with E-state index in [0.717, 1.165) is 0 Å². The number of hydrogen-bond acceptors (Lipinski definition) is 5. The van der Waals surface area contributed by atoms with Crippen molar-refractivity contribution >= 4 is 11.6 Å². The van der Waals surface area contributed by atoms with Gasteiger partial charge in [-0.05, 0) is 19.9 Å². The molecule has 0 aliphatic carbocycles. The zero-order valence-electron chi connectivity index (χ0n) is 11.3. The second-order valence-corrected chi connectivity index (χ2v) is 4.93. The van der Waals surface area contributed by atoms with Gasteiger partial charge in [0.1, 0.15) is 11.7 Å². The number of carbonyl (C=O) groups is 1. The lowest BCUT2D eigenvalue weighted by Gasteiger charge is -2.17. The van der Waals surface area contributed by atoms with Crippen LogP contribution in [0.4, 0.5) is 5.69 Å². The highest BCUT2D eigenvalue weighted by Gasteiger charge is 2.33. The van der Waals surface area contributed by atoms with Crippen LogP contribution in [0.15, 0.2) is 24.3 Å². The Hall–Kier alpha value is -1.99. The van der Waals surface area contributed by atoms with Crippen LogP contribution >= 0.6 is 0 Å². The smallest absolute Gasteiger partial charge is 0.282 e. The van der Waals surface area contributed by atoms with Gasteiger partial charge >= 0.3 is 0 Å². The quantitative estimate of drug-likeness (QED) is 0.666. The lowest BCUT2D eigenvalue weighted by molar-refractivity contribution is -0.385. The zero-order chi connectivity index (χ0) is 14.8. The van der Waals surface area contributed by atoms with Crippen LogP contribution < -0.4 is 5.32 Å². The van der Waals surface area contributed by atoms with E-state index in [1.54, 1.807) is 19.9 Å². The number of carbonyl (C=O) groups excluding carboxylic acids is 1. The van der Waals surface area contributed by atoms with Crippen molar-refractivity contribution in [2.24, 2.45) is 0 Å². The van der Waals surface area contributed by atoms with Crippen molar-refractivity contribution in [1.29, 1.82) is 0 Å². The summed E-state index contributed by atoms with van der Waals surface area (Å²) in [5.41, 5.74) is -0.176. The molecular weight excluding hydrogens is 264 g/mol. The summed E-state index contributed by atoms with van der Waals surface area (Å²) in [6.45, 7) is 4.20. The third-order valence-corrected chi connectivity index (χ3v) is 2.90. The fourth-order valence-corrected chi connectivity index (χ4v) is 1.99. The summed E-state index contributed by atoms with van der Waals surface area (Å²) in [6.07, 6.45) is -0.253. The maximum Gasteiger partial charge on any atom is 0.282 e. The highest BCUT2D eigenvalue weighted by atomic mass is 16.7. The van der Waals surface area contributed by atoms with Gasteiger partial charge in [0.2, 0.25) is 0 Å². The SMILES string of the molecule is CC1(C)OCC(CNC(=O)c2ccccc2[N+](=O)[O-])O1. The van der Waals surface area contributed by atoms with E-state index in [0.29, 0.717) is 6.61 Å². The Balaban J connectivity index is 1.98. The minimum Gasteiger partial charge on any atom is -0.349 e. The van der Waals surface area contributed by atoms with Crippen LogP contribution in [0.1, 0.15) is 24.2 Å². The molecule has 20 heavy (non-hydrogen) atoms. The molecule has 1 amide bonds. The first-order valence-corrected chi connectivity index (χ1v) is 6.22. The largest absolute Gasteiger partial charge is 0.349 e. The summed E-state index contributed by atoms with van der Waals surface area (Å²) in [7, 11) is 0. The zero-order valence-corrected chi connectivity index (χ0v) is 11.3. The van der Waals surface area contributed by atoms with Gasteiger partial charge in [-0.3, -0.25) is 14.9 Å². The van der Waals surface area contributed by atoms with E-state index in [-0.39, 0.29) is 23.9 Å². The van der Waals surface area contributed by atoms with Crippen molar-refractivity contribution in [3.63, 3.8) is 0 Å². The number of para-hydroxylation sites is 1. The van der Waals surface area contributed by atoms with Gasteiger partial charge in [0.05, 0.1) is 11.5 Å². The molecule has 1 heterocycles. The molecule has 7 nitrogen and oxygen atoms in total. The first-order chi connectivity index (χ1) is 9.39. The molecular formula is C13H16N2O5. The van der Waals surface area contributed by atoms with E-state index in [1.807, 2.05) is 0 Å².